The average Bonchev–Trinajstić information content (AvgIpc) is 3.29. The summed E-state index contributed by atoms with van der Waals surface area (Å²) in [6.45, 7) is 1.10. The van der Waals surface area contributed by atoms with Gasteiger partial charge in [0.15, 0.2) is 0 Å². The third-order valence-corrected chi connectivity index (χ3v) is 9.24. The topological polar surface area (TPSA) is 153 Å². The lowest BCUT2D eigenvalue weighted by atomic mass is 9.75. The van der Waals surface area contributed by atoms with Crippen molar-refractivity contribution < 1.29 is 18.1 Å². The van der Waals surface area contributed by atoms with Crippen LogP contribution in [0.4, 0.5) is 11.6 Å². The lowest BCUT2D eigenvalue weighted by Crippen LogP contribution is -2.53. The van der Waals surface area contributed by atoms with Crippen molar-refractivity contribution in [2.24, 2.45) is 11.8 Å². The van der Waals surface area contributed by atoms with Gasteiger partial charge in [-0.2, -0.15) is 4.72 Å². The van der Waals surface area contributed by atoms with E-state index in [1.54, 1.807) is 4.90 Å². The second-order valence-corrected chi connectivity index (χ2v) is 11.8. The Kier molecular flexibility index (Phi) is 8.08. The number of piperidine rings is 1. The number of likely N-dealkylation sites (tertiary alicyclic amines) is 1. The van der Waals surface area contributed by atoms with Crippen LogP contribution in [0.2, 0.25) is 10.0 Å². The molecule has 0 radical (unpaired) electrons. The number of sulfonamides is 1. The summed E-state index contributed by atoms with van der Waals surface area (Å²) in [4.78, 5) is 29.3. The zero-order chi connectivity index (χ0) is 26.0. The second-order valence-electron chi connectivity index (χ2n) is 9.32. The molecule has 14 heteroatoms. The number of nitro groups is 1. The Balaban J connectivity index is 1.59. The van der Waals surface area contributed by atoms with Crippen molar-refractivity contribution >= 4 is 50.8 Å². The van der Waals surface area contributed by atoms with Gasteiger partial charge in [0.2, 0.25) is 15.9 Å². The molecule has 4 rings (SSSR count). The summed E-state index contributed by atoms with van der Waals surface area (Å²) in [5.41, 5.74) is 5.76. The number of nitrogen functional groups attached to an aromatic ring is 1. The summed E-state index contributed by atoms with van der Waals surface area (Å²) in [7, 11) is -4.33. The van der Waals surface area contributed by atoms with Crippen molar-refractivity contribution in [3.05, 3.63) is 44.7 Å². The summed E-state index contributed by atoms with van der Waals surface area (Å²) in [6, 6.07) is 1.33. The van der Waals surface area contributed by atoms with Gasteiger partial charge in [-0.05, 0) is 41.7 Å². The molecule has 2 fully saturated rings. The molecule has 1 aromatic heterocycles. The molecule has 196 valence electrons. The Morgan fingerprint density at radius 1 is 1.25 bits per heavy atom. The number of nitrogens with two attached hydrogens (primary N) is 1. The third kappa shape index (κ3) is 5.77. The first-order valence-corrected chi connectivity index (χ1v) is 14.0. The molecule has 2 heterocycles. The number of nitrogens with zero attached hydrogens (tertiary/aromatic N) is 4. The molecule has 2 aliphatic rings. The maximum atomic E-state index is 13.6. The second kappa shape index (κ2) is 10.9. The van der Waals surface area contributed by atoms with E-state index in [-0.39, 0.29) is 39.5 Å². The van der Waals surface area contributed by atoms with Gasteiger partial charge < -0.3 is 20.7 Å². The SMILES string of the molecule is Nc1cc(Cl)cc(Cl)c1S(=O)(=O)NC(CCn1ccnc1[N+](=O)[O-])C(=O)N1CC[C@@H]2CCCC[C@H]2C1. The number of aryl methyl sites for hydroxylation is 1. The zero-order valence-corrected chi connectivity index (χ0v) is 21.8. The maximum absolute atomic E-state index is 13.6. The minimum absolute atomic E-state index is 0.00103. The van der Waals surface area contributed by atoms with Gasteiger partial charge in [0, 0.05) is 24.5 Å². The van der Waals surface area contributed by atoms with E-state index >= 15 is 0 Å². The Bertz CT molecular complexity index is 1230. The maximum Gasteiger partial charge on any atom is 0.434 e. The molecule has 3 atom stereocenters. The standard InChI is InChI=1S/C22H28Cl2N6O5S/c23-16-11-17(24)20(18(25)12-16)36(34,35)27-19(6-9-28-10-7-26-22(28)30(32)33)21(31)29-8-5-14-3-1-2-4-15(14)13-29/h7,10-12,14-15,19,27H,1-6,8-9,13,25H2/t14-,15-,19?/m0/s1. The minimum Gasteiger partial charge on any atom is -0.398 e. The number of aromatic nitrogens is 2. The van der Waals surface area contributed by atoms with Crippen LogP contribution in [-0.4, -0.2) is 52.8 Å². The van der Waals surface area contributed by atoms with E-state index in [2.05, 4.69) is 9.71 Å². The number of carbonyl (C=O) groups excluding carboxylic acids is 1. The van der Waals surface area contributed by atoms with Crippen LogP contribution in [0.5, 0.6) is 0 Å². The van der Waals surface area contributed by atoms with Crippen LogP contribution in [0, 0.1) is 22.0 Å². The van der Waals surface area contributed by atoms with E-state index in [9.17, 15) is 23.3 Å². The number of halogens is 2. The van der Waals surface area contributed by atoms with Crippen LogP contribution in [0.25, 0.3) is 0 Å². The highest BCUT2D eigenvalue weighted by molar-refractivity contribution is 7.89. The molecule has 1 amide bonds. The van der Waals surface area contributed by atoms with Gasteiger partial charge in [-0.15, -0.1) is 0 Å². The number of fused-ring (bicyclic) bond motifs is 1. The minimum atomic E-state index is -4.33. The number of anilines is 1. The van der Waals surface area contributed by atoms with E-state index in [0.29, 0.717) is 24.9 Å². The van der Waals surface area contributed by atoms with Gasteiger partial charge in [0.1, 0.15) is 23.3 Å². The number of hydrogen-bond acceptors (Lipinski definition) is 7. The third-order valence-electron chi connectivity index (χ3n) is 7.02. The number of hydrogen-bond donors (Lipinski definition) is 2. The number of rotatable bonds is 8. The summed E-state index contributed by atoms with van der Waals surface area (Å²) in [5.74, 6) is 0.204. The van der Waals surface area contributed by atoms with Crippen molar-refractivity contribution in [1.29, 1.82) is 0 Å². The predicted octanol–water partition coefficient (Wildman–Crippen LogP) is 3.46. The van der Waals surface area contributed by atoms with E-state index in [0.717, 1.165) is 25.7 Å². The van der Waals surface area contributed by atoms with Crippen molar-refractivity contribution in [2.75, 3.05) is 18.8 Å². The Labute approximate surface area is 219 Å². The molecule has 2 aromatic rings. The van der Waals surface area contributed by atoms with E-state index in [1.165, 1.54) is 35.5 Å². The van der Waals surface area contributed by atoms with Gasteiger partial charge in [-0.1, -0.05) is 47.4 Å². The summed E-state index contributed by atoms with van der Waals surface area (Å²) < 4.78 is 30.4. The number of nitrogens with one attached hydrogen (secondary N) is 1. The molecule has 1 saturated heterocycles. The molecule has 1 unspecified atom stereocenters. The highest BCUT2D eigenvalue weighted by Gasteiger charge is 2.37. The molecule has 11 nitrogen and oxygen atoms in total. The summed E-state index contributed by atoms with van der Waals surface area (Å²) in [5, 5.41) is 11.3. The molecule has 0 bridgehead atoms. The molecule has 1 aliphatic heterocycles. The molecule has 1 aromatic carbocycles. The highest BCUT2D eigenvalue weighted by Crippen LogP contribution is 2.36. The van der Waals surface area contributed by atoms with Crippen molar-refractivity contribution in [3.8, 4) is 0 Å². The van der Waals surface area contributed by atoms with Gasteiger partial charge in [0.25, 0.3) is 0 Å². The van der Waals surface area contributed by atoms with E-state index < -0.39 is 26.9 Å². The lowest BCUT2D eigenvalue weighted by molar-refractivity contribution is -0.396. The average molecular weight is 559 g/mol. The lowest BCUT2D eigenvalue weighted by Gasteiger charge is -2.42. The smallest absolute Gasteiger partial charge is 0.398 e. The molecule has 0 spiro atoms. The fraction of sp³-hybridized carbons (Fsp3) is 0.545. The van der Waals surface area contributed by atoms with Crippen LogP contribution in [0.15, 0.2) is 29.4 Å². The Morgan fingerprint density at radius 3 is 2.67 bits per heavy atom. The molecular weight excluding hydrogens is 531 g/mol. The highest BCUT2D eigenvalue weighted by atomic mass is 35.5. The Hall–Kier alpha value is -2.41. The van der Waals surface area contributed by atoms with Gasteiger partial charge in [0.05, 0.1) is 17.3 Å². The molecule has 1 saturated carbocycles. The van der Waals surface area contributed by atoms with Crippen molar-refractivity contribution in [1.82, 2.24) is 19.2 Å². The van der Waals surface area contributed by atoms with Crippen molar-refractivity contribution in [3.63, 3.8) is 0 Å². The fourth-order valence-electron chi connectivity index (χ4n) is 5.28. The zero-order valence-electron chi connectivity index (χ0n) is 19.5. The number of benzene rings is 1. The quantitative estimate of drug-likeness (QED) is 0.285. The van der Waals surface area contributed by atoms with Crippen LogP contribution in [0.3, 0.4) is 0 Å². The number of amides is 1. The molecule has 36 heavy (non-hydrogen) atoms. The van der Waals surface area contributed by atoms with Crippen LogP contribution >= 0.6 is 23.2 Å². The number of carbonyl (C=O) groups is 1. The van der Waals surface area contributed by atoms with Gasteiger partial charge >= 0.3 is 5.95 Å². The van der Waals surface area contributed by atoms with Crippen molar-refractivity contribution in [2.45, 2.75) is 56.0 Å². The van der Waals surface area contributed by atoms with E-state index in [4.69, 9.17) is 28.9 Å². The first-order valence-electron chi connectivity index (χ1n) is 11.8. The molecule has 1 aliphatic carbocycles. The molecular formula is C22H28Cl2N6O5S. The Morgan fingerprint density at radius 2 is 1.97 bits per heavy atom. The molecule has 3 N–H and O–H groups in total. The van der Waals surface area contributed by atoms with Crippen LogP contribution < -0.4 is 10.5 Å². The van der Waals surface area contributed by atoms with Crippen LogP contribution in [-0.2, 0) is 21.4 Å². The summed E-state index contributed by atoms with van der Waals surface area (Å²) >= 11 is 12.1. The first kappa shape index (κ1) is 26.6. The van der Waals surface area contributed by atoms with Crippen LogP contribution in [0.1, 0.15) is 38.5 Å². The van der Waals surface area contributed by atoms with Gasteiger partial charge in [-0.3, -0.25) is 4.79 Å². The fourth-order valence-corrected chi connectivity index (χ4v) is 7.49. The summed E-state index contributed by atoms with van der Waals surface area (Å²) in [6.07, 6.45) is 8.05. The van der Waals surface area contributed by atoms with Gasteiger partial charge in [-0.25, -0.2) is 13.0 Å². The van der Waals surface area contributed by atoms with E-state index in [1.807, 2.05) is 0 Å². The first-order chi connectivity index (χ1) is 17.1. The predicted molar refractivity (Wildman–Crippen MR) is 135 cm³/mol. The largest absolute Gasteiger partial charge is 0.434 e. The monoisotopic (exact) mass is 558 g/mol. The normalized spacial score (nSPS) is 21.1. The number of imidazole rings is 1.